The van der Waals surface area contributed by atoms with Crippen molar-refractivity contribution in [3.05, 3.63) is 68.4 Å². The quantitative estimate of drug-likeness (QED) is 0.399. The van der Waals surface area contributed by atoms with E-state index in [0.717, 1.165) is 18.5 Å². The van der Waals surface area contributed by atoms with Gasteiger partial charge in [0.25, 0.3) is 0 Å². The van der Waals surface area contributed by atoms with Crippen LogP contribution in [0.2, 0.25) is 5.02 Å². The van der Waals surface area contributed by atoms with E-state index < -0.39 is 5.69 Å². The highest BCUT2D eigenvalue weighted by molar-refractivity contribution is 6.30. The van der Waals surface area contributed by atoms with E-state index in [0.29, 0.717) is 27.2 Å². The summed E-state index contributed by atoms with van der Waals surface area (Å²) in [7, 11) is 0. The third-order valence-corrected chi connectivity index (χ3v) is 5.24. The Morgan fingerprint density at radius 3 is 2.87 bits per heavy atom. The Balaban J connectivity index is 1.68. The lowest BCUT2D eigenvalue weighted by atomic mass is 9.94. The summed E-state index contributed by atoms with van der Waals surface area (Å²) in [6.45, 7) is 0. The van der Waals surface area contributed by atoms with Gasteiger partial charge in [-0.15, -0.1) is 0 Å². The zero-order chi connectivity index (χ0) is 20.7. The number of H-pyrrole nitrogens is 2. The van der Waals surface area contributed by atoms with Gasteiger partial charge in [-0.3, -0.25) is 9.98 Å². The zero-order valence-corrected chi connectivity index (χ0v) is 16.5. The monoisotopic (exact) mass is 423 g/mol. The number of aromatic amines is 2. The zero-order valence-electron chi connectivity index (χ0n) is 15.8. The maximum Gasteiger partial charge on any atom is 0.326 e. The molecule has 1 aliphatic rings. The number of anilines is 2. The lowest BCUT2D eigenvalue weighted by Crippen LogP contribution is -2.25. The Bertz CT molecular complexity index is 1420. The van der Waals surface area contributed by atoms with Crippen molar-refractivity contribution < 1.29 is 5.11 Å². The van der Waals surface area contributed by atoms with Gasteiger partial charge < -0.3 is 15.4 Å². The second-order valence-corrected chi connectivity index (χ2v) is 7.61. The van der Waals surface area contributed by atoms with Crippen molar-refractivity contribution in [3.8, 4) is 5.88 Å². The summed E-state index contributed by atoms with van der Waals surface area (Å²) in [6, 6.07) is 9.48. The molecule has 0 amide bonds. The van der Waals surface area contributed by atoms with E-state index in [1.807, 2.05) is 24.3 Å². The van der Waals surface area contributed by atoms with Gasteiger partial charge >= 0.3 is 5.69 Å². The van der Waals surface area contributed by atoms with Crippen LogP contribution >= 0.6 is 11.6 Å². The average molecular weight is 424 g/mol. The fourth-order valence-electron chi connectivity index (χ4n) is 3.29. The van der Waals surface area contributed by atoms with Crippen molar-refractivity contribution in [3.63, 3.8) is 0 Å². The average Bonchev–Trinajstić information content (AvgIpc) is 3.21. The van der Waals surface area contributed by atoms with Crippen molar-refractivity contribution in [1.29, 1.82) is 0 Å². The van der Waals surface area contributed by atoms with Crippen molar-refractivity contribution in [1.82, 2.24) is 24.6 Å². The number of nitrogens with one attached hydrogen (secondary N) is 3. The van der Waals surface area contributed by atoms with Gasteiger partial charge in [0.15, 0.2) is 11.1 Å². The lowest BCUT2D eigenvalue weighted by Gasteiger charge is -2.20. The molecule has 0 unspecified atom stereocenters. The molecule has 5 rings (SSSR count). The van der Waals surface area contributed by atoms with E-state index in [2.05, 4.69) is 25.4 Å². The maximum absolute atomic E-state index is 11.4. The molecule has 4 N–H and O–H groups in total. The van der Waals surface area contributed by atoms with Crippen LogP contribution in [-0.2, 0) is 0 Å². The van der Waals surface area contributed by atoms with E-state index in [1.165, 1.54) is 6.42 Å². The number of fused-ring (bicyclic) bond motifs is 1. The highest BCUT2D eigenvalue weighted by Gasteiger charge is 2.16. The van der Waals surface area contributed by atoms with Crippen LogP contribution in [0, 0.1) is 0 Å². The number of nitrogens with zero attached hydrogens (tertiary/aromatic N) is 4. The molecule has 1 aromatic carbocycles. The molecule has 1 aliphatic carbocycles. The Labute approximate surface area is 174 Å². The number of hydrogen-bond acceptors (Lipinski definition) is 6. The van der Waals surface area contributed by atoms with E-state index in [1.54, 1.807) is 22.9 Å². The van der Waals surface area contributed by atoms with Crippen LogP contribution in [0.25, 0.3) is 11.7 Å². The van der Waals surface area contributed by atoms with Crippen LogP contribution in [0.1, 0.15) is 25.0 Å². The first-order valence-electron chi connectivity index (χ1n) is 9.53. The summed E-state index contributed by atoms with van der Waals surface area (Å²) in [6.07, 6.45) is 6.52. The Morgan fingerprint density at radius 1 is 1.30 bits per heavy atom. The van der Waals surface area contributed by atoms with E-state index in [-0.39, 0.29) is 17.6 Å². The summed E-state index contributed by atoms with van der Waals surface area (Å²) in [5.41, 5.74) is 1.78. The van der Waals surface area contributed by atoms with Gasteiger partial charge in [0.05, 0.1) is 12.2 Å². The predicted molar refractivity (Wildman–Crippen MR) is 113 cm³/mol. The molecule has 152 valence electrons. The number of imidazole rings is 1. The number of benzene rings is 1. The molecule has 0 bridgehead atoms. The van der Waals surface area contributed by atoms with Crippen LogP contribution in [0.15, 0.2) is 46.3 Å². The molecule has 4 aromatic rings. The topological polar surface area (TPSA) is 123 Å². The standard InChI is InChI=1S/C20H18ClN7O2/c21-12-3-1-6-14(8-12)23-16-9-17(24-13-4-2-5-13)28-18(26-16)11(10-22-28)7-15-19(29)27-20(30)25-15/h1,3,6-10,13,23,29H,2,4-5H2,(H2,25,27,30). The van der Waals surface area contributed by atoms with Gasteiger partial charge in [0.2, 0.25) is 5.88 Å². The smallest absolute Gasteiger partial charge is 0.326 e. The summed E-state index contributed by atoms with van der Waals surface area (Å²) >= 11 is 6.09. The highest BCUT2D eigenvalue weighted by Crippen LogP contribution is 2.22. The van der Waals surface area contributed by atoms with Crippen LogP contribution in [0.3, 0.4) is 0 Å². The largest absolute Gasteiger partial charge is 0.493 e. The van der Waals surface area contributed by atoms with Crippen molar-refractivity contribution in [2.75, 3.05) is 5.32 Å². The third kappa shape index (κ3) is 3.55. The van der Waals surface area contributed by atoms with Crippen molar-refractivity contribution in [2.45, 2.75) is 25.3 Å². The minimum absolute atomic E-state index is 0.244. The molecule has 0 aliphatic heterocycles. The third-order valence-electron chi connectivity index (χ3n) is 5.00. The summed E-state index contributed by atoms with van der Waals surface area (Å²) < 4.78 is 1.66. The molecule has 0 saturated heterocycles. The normalized spacial score (nSPS) is 15.6. The Morgan fingerprint density at radius 2 is 2.17 bits per heavy atom. The van der Waals surface area contributed by atoms with E-state index in [9.17, 15) is 9.90 Å². The SMILES string of the molecule is O=c1[nH]c(O)c(C=c2cnn3c(=NC4CCC4)cc(Nc4cccc(Cl)c4)nc23)[nH]1. The summed E-state index contributed by atoms with van der Waals surface area (Å²) in [5.74, 6) is 0.344. The molecule has 0 spiro atoms. The number of aromatic hydroxyl groups is 1. The van der Waals surface area contributed by atoms with Gasteiger partial charge in [-0.25, -0.2) is 9.78 Å². The minimum atomic E-state index is -0.493. The van der Waals surface area contributed by atoms with E-state index in [4.69, 9.17) is 16.6 Å². The van der Waals surface area contributed by atoms with Gasteiger partial charge in [-0.1, -0.05) is 17.7 Å². The first-order valence-corrected chi connectivity index (χ1v) is 9.91. The molecule has 10 heteroatoms. The molecule has 1 fully saturated rings. The highest BCUT2D eigenvalue weighted by atomic mass is 35.5. The van der Waals surface area contributed by atoms with Crippen molar-refractivity contribution >= 4 is 34.8 Å². The molecular formula is C20H18ClN7O2. The molecule has 3 heterocycles. The minimum Gasteiger partial charge on any atom is -0.493 e. The number of aromatic nitrogens is 5. The number of halogens is 1. The van der Waals surface area contributed by atoms with Crippen LogP contribution < -0.4 is 21.7 Å². The summed E-state index contributed by atoms with van der Waals surface area (Å²) in [5, 5.41) is 18.8. The second-order valence-electron chi connectivity index (χ2n) is 7.17. The van der Waals surface area contributed by atoms with Crippen LogP contribution in [0.5, 0.6) is 5.88 Å². The van der Waals surface area contributed by atoms with Crippen LogP contribution in [0.4, 0.5) is 11.5 Å². The molecule has 3 aromatic heterocycles. The van der Waals surface area contributed by atoms with Gasteiger partial charge in [0, 0.05) is 22.0 Å². The Hall–Kier alpha value is -3.59. The number of hydrogen-bond donors (Lipinski definition) is 4. The van der Waals surface area contributed by atoms with E-state index >= 15 is 0 Å². The second kappa shape index (κ2) is 7.34. The van der Waals surface area contributed by atoms with Crippen molar-refractivity contribution in [2.24, 2.45) is 4.99 Å². The first-order chi connectivity index (χ1) is 14.5. The first kappa shape index (κ1) is 18.4. The fraction of sp³-hybridized carbons (Fsp3) is 0.200. The molecule has 9 nitrogen and oxygen atoms in total. The fourth-order valence-corrected chi connectivity index (χ4v) is 3.48. The lowest BCUT2D eigenvalue weighted by molar-refractivity contribution is 0.409. The Kier molecular flexibility index (Phi) is 4.51. The molecular weight excluding hydrogens is 406 g/mol. The van der Waals surface area contributed by atoms with Gasteiger partial charge in [-0.05, 0) is 43.5 Å². The predicted octanol–water partition coefficient (Wildman–Crippen LogP) is 1.85. The van der Waals surface area contributed by atoms with Gasteiger partial charge in [-0.2, -0.15) is 9.61 Å². The maximum atomic E-state index is 11.4. The van der Waals surface area contributed by atoms with Gasteiger partial charge in [0.1, 0.15) is 11.5 Å². The summed E-state index contributed by atoms with van der Waals surface area (Å²) in [4.78, 5) is 25.8. The molecule has 0 radical (unpaired) electrons. The molecule has 1 saturated carbocycles. The number of rotatable bonds is 4. The molecule has 30 heavy (non-hydrogen) atoms. The molecule has 0 atom stereocenters. The van der Waals surface area contributed by atoms with Crippen LogP contribution in [-0.4, -0.2) is 35.7 Å².